The number of aliphatic imine (C=N–C) groups is 1. The van der Waals surface area contributed by atoms with Crippen molar-refractivity contribution in [2.24, 2.45) is 16.3 Å². The van der Waals surface area contributed by atoms with Crippen LogP contribution < -0.4 is 0 Å². The van der Waals surface area contributed by atoms with Gasteiger partial charge in [0.25, 0.3) is 0 Å². The number of nitrogens with zero attached hydrogens (tertiary/aromatic N) is 3. The van der Waals surface area contributed by atoms with Crippen molar-refractivity contribution in [3.8, 4) is 0 Å². The minimum absolute atomic E-state index is 0.366. The van der Waals surface area contributed by atoms with Crippen LogP contribution in [0.25, 0.3) is 0 Å². The Bertz CT molecular complexity index is 1170. The molecular weight excluding hydrogens is 498 g/mol. The van der Waals surface area contributed by atoms with E-state index in [9.17, 15) is 4.79 Å². The molecule has 0 unspecified atom stereocenters. The van der Waals surface area contributed by atoms with Gasteiger partial charge in [0.2, 0.25) is 0 Å². The zero-order valence-corrected chi connectivity index (χ0v) is 22.7. The Morgan fingerprint density at radius 2 is 2.12 bits per heavy atom. The molecule has 176 valence electrons. The summed E-state index contributed by atoms with van der Waals surface area (Å²) in [6.45, 7) is 10.8. The van der Waals surface area contributed by atoms with Crippen molar-refractivity contribution in [3.05, 3.63) is 44.7 Å². The van der Waals surface area contributed by atoms with Gasteiger partial charge in [0.1, 0.15) is 12.4 Å². The first-order chi connectivity index (χ1) is 15.6. The molecule has 8 heteroatoms. The van der Waals surface area contributed by atoms with Gasteiger partial charge in [-0.3, -0.25) is 0 Å². The summed E-state index contributed by atoms with van der Waals surface area (Å²) in [5, 5.41) is 5.04. The third kappa shape index (κ3) is 4.37. The third-order valence-corrected chi connectivity index (χ3v) is 9.54. The Morgan fingerprint density at radius 1 is 1.33 bits per heavy atom. The molecule has 2 aromatic rings. The van der Waals surface area contributed by atoms with Crippen LogP contribution in [-0.2, 0) is 35.5 Å². The highest BCUT2D eigenvalue weighted by Gasteiger charge is 2.54. The summed E-state index contributed by atoms with van der Waals surface area (Å²) in [4.78, 5) is 17.3. The predicted molar refractivity (Wildman–Crippen MR) is 135 cm³/mol. The summed E-state index contributed by atoms with van der Waals surface area (Å²) in [5.41, 5.74) is 7.20. The van der Waals surface area contributed by atoms with Crippen molar-refractivity contribution in [1.29, 1.82) is 0 Å². The van der Waals surface area contributed by atoms with E-state index in [0.717, 1.165) is 52.9 Å². The maximum Gasteiger partial charge on any atom is 0.340 e. The maximum absolute atomic E-state index is 12.4. The molecule has 5 rings (SSSR count). The van der Waals surface area contributed by atoms with E-state index in [1.165, 1.54) is 24.8 Å². The molecule has 0 N–H and O–H groups in total. The lowest BCUT2D eigenvalue weighted by molar-refractivity contribution is 0.0601. The van der Waals surface area contributed by atoms with Crippen LogP contribution in [0.5, 0.6) is 0 Å². The zero-order chi connectivity index (χ0) is 23.5. The minimum atomic E-state index is -1.13. The van der Waals surface area contributed by atoms with Crippen molar-refractivity contribution >= 4 is 41.4 Å². The van der Waals surface area contributed by atoms with Crippen LogP contribution in [0.3, 0.4) is 0 Å². The fraction of sp³-hybridized carbons (Fsp3) is 0.560. The summed E-state index contributed by atoms with van der Waals surface area (Å²) < 4.78 is 14.0. The molecule has 2 heterocycles. The fourth-order valence-electron chi connectivity index (χ4n) is 5.16. The molecule has 1 aromatic carbocycles. The number of esters is 1. The highest BCUT2D eigenvalue weighted by atomic mass is 79.9. The molecule has 0 bridgehead atoms. The molecule has 1 aliphatic heterocycles. The maximum atomic E-state index is 12.4. The zero-order valence-electron chi connectivity index (χ0n) is 20.1. The molecule has 0 radical (unpaired) electrons. The first-order valence-electron chi connectivity index (χ1n) is 11.7. The number of hydrogen-bond acceptors (Lipinski definition) is 5. The van der Waals surface area contributed by atoms with Crippen molar-refractivity contribution in [2.45, 2.75) is 65.0 Å². The van der Waals surface area contributed by atoms with Crippen LogP contribution in [0, 0.1) is 11.3 Å². The van der Waals surface area contributed by atoms with Crippen LogP contribution >= 0.6 is 15.9 Å². The molecule has 0 spiro atoms. The summed E-state index contributed by atoms with van der Waals surface area (Å²) in [7, 11) is 0.274. The van der Waals surface area contributed by atoms with Crippen molar-refractivity contribution in [1.82, 2.24) is 9.78 Å². The lowest BCUT2D eigenvalue weighted by Gasteiger charge is -2.20. The van der Waals surface area contributed by atoms with Gasteiger partial charge in [-0.2, -0.15) is 5.10 Å². The normalized spacial score (nSPS) is 23.0. The summed E-state index contributed by atoms with van der Waals surface area (Å²) in [5.74, 6) is 0.369. The second-order valence-corrected chi connectivity index (χ2v) is 17.8. The Balaban J connectivity index is 1.47. The second-order valence-electron chi connectivity index (χ2n) is 11.2. The SMILES string of the molecule is COC(=O)c1cc(Br)cc2c1N=C(c1nn(COCC[Si](C)(C)C)c3c1C[C@@H]1C[C@]1(C)C3)C2. The van der Waals surface area contributed by atoms with Crippen LogP contribution in [0.4, 0.5) is 5.69 Å². The standard InChI is InChI=1S/C25H32BrN3O3Si/c1-25-12-16(25)10-18-21(13-25)29(14-32-6-7-33(3,4)5)28-23(18)20-9-15-8-17(26)11-19(22(15)27-20)24(30)31-2/h8,11,16H,6-7,9-10,12-14H2,1-5H3/t16-,25-/m1/s1. The van der Waals surface area contributed by atoms with Crippen LogP contribution in [0.15, 0.2) is 21.6 Å². The van der Waals surface area contributed by atoms with E-state index in [0.29, 0.717) is 29.8 Å². The molecule has 2 aliphatic carbocycles. The molecule has 0 amide bonds. The molecular formula is C25H32BrN3O3Si. The lowest BCUT2D eigenvalue weighted by atomic mass is 9.86. The molecule has 1 aromatic heterocycles. The Kier molecular flexibility index (Phi) is 5.69. The topological polar surface area (TPSA) is 65.7 Å². The Morgan fingerprint density at radius 3 is 2.85 bits per heavy atom. The summed E-state index contributed by atoms with van der Waals surface area (Å²) in [6, 6.07) is 4.97. The van der Waals surface area contributed by atoms with Crippen molar-refractivity contribution in [2.75, 3.05) is 13.7 Å². The predicted octanol–water partition coefficient (Wildman–Crippen LogP) is 5.55. The van der Waals surface area contributed by atoms with E-state index in [1.807, 2.05) is 6.07 Å². The van der Waals surface area contributed by atoms with Gasteiger partial charge in [-0.15, -0.1) is 0 Å². The van der Waals surface area contributed by atoms with Gasteiger partial charge in [-0.05, 0) is 54.3 Å². The van der Waals surface area contributed by atoms with Gasteiger partial charge in [-0.25, -0.2) is 14.5 Å². The number of benzene rings is 1. The number of rotatable bonds is 7. The number of fused-ring (bicyclic) bond motifs is 3. The number of halogens is 1. The molecule has 2 atom stereocenters. The van der Waals surface area contributed by atoms with Gasteiger partial charge >= 0.3 is 5.97 Å². The van der Waals surface area contributed by atoms with E-state index in [-0.39, 0.29) is 5.97 Å². The fourth-order valence-corrected chi connectivity index (χ4v) is 6.42. The highest BCUT2D eigenvalue weighted by molar-refractivity contribution is 9.10. The molecule has 1 saturated carbocycles. The number of methoxy groups -OCH3 is 1. The number of ether oxygens (including phenoxy) is 2. The molecule has 1 fully saturated rings. The number of aromatic nitrogens is 2. The molecule has 6 nitrogen and oxygen atoms in total. The first kappa shape index (κ1) is 23.0. The quantitative estimate of drug-likeness (QED) is 0.268. The van der Waals surface area contributed by atoms with Crippen LogP contribution in [0.2, 0.25) is 25.7 Å². The van der Waals surface area contributed by atoms with Gasteiger partial charge in [0, 0.05) is 36.8 Å². The molecule has 33 heavy (non-hydrogen) atoms. The first-order valence-corrected chi connectivity index (χ1v) is 16.2. The molecule has 0 saturated heterocycles. The number of hydrogen-bond donors (Lipinski definition) is 0. The second kappa shape index (κ2) is 8.17. The number of carbonyl (C=O) groups is 1. The number of carbonyl (C=O) groups excluding carboxylic acids is 1. The van der Waals surface area contributed by atoms with Gasteiger partial charge in [0.15, 0.2) is 0 Å². The van der Waals surface area contributed by atoms with Gasteiger partial charge in [-0.1, -0.05) is 42.5 Å². The summed E-state index contributed by atoms with van der Waals surface area (Å²) >= 11 is 3.53. The largest absolute Gasteiger partial charge is 0.465 e. The van der Waals surface area contributed by atoms with E-state index in [4.69, 9.17) is 19.6 Å². The average molecular weight is 531 g/mol. The lowest BCUT2D eigenvalue weighted by Crippen LogP contribution is -2.23. The van der Waals surface area contributed by atoms with Crippen LogP contribution in [-0.4, -0.2) is 43.3 Å². The smallest absolute Gasteiger partial charge is 0.340 e. The van der Waals surface area contributed by atoms with E-state index in [2.05, 4.69) is 47.2 Å². The van der Waals surface area contributed by atoms with E-state index >= 15 is 0 Å². The third-order valence-electron chi connectivity index (χ3n) is 7.37. The Hall–Kier alpha value is -1.77. The van der Waals surface area contributed by atoms with E-state index in [1.54, 1.807) is 6.07 Å². The average Bonchev–Trinajstić information content (AvgIpc) is 3.05. The van der Waals surface area contributed by atoms with Crippen LogP contribution in [0.1, 0.15) is 46.2 Å². The van der Waals surface area contributed by atoms with E-state index < -0.39 is 8.07 Å². The van der Waals surface area contributed by atoms with Gasteiger partial charge < -0.3 is 9.47 Å². The Labute approximate surface area is 204 Å². The monoisotopic (exact) mass is 529 g/mol. The highest BCUT2D eigenvalue weighted by Crippen LogP contribution is 2.59. The summed E-state index contributed by atoms with van der Waals surface area (Å²) in [6.07, 6.45) is 4.06. The van der Waals surface area contributed by atoms with Crippen molar-refractivity contribution in [3.63, 3.8) is 0 Å². The van der Waals surface area contributed by atoms with Crippen molar-refractivity contribution < 1.29 is 14.3 Å². The molecule has 3 aliphatic rings. The van der Waals surface area contributed by atoms with Gasteiger partial charge in [0.05, 0.1) is 24.1 Å². The minimum Gasteiger partial charge on any atom is -0.465 e.